The molecule has 0 N–H and O–H groups in total. The van der Waals surface area contributed by atoms with E-state index >= 15 is 0 Å². The van der Waals surface area contributed by atoms with Crippen molar-refractivity contribution in [3.8, 4) is 0 Å². The molecule has 0 spiro atoms. The molecular weight excluding hydrogens is 466 g/mol. The minimum Gasteiger partial charge on any atom is -0.460 e. The topological polar surface area (TPSA) is 90.0 Å². The molecule has 0 aromatic heterocycles. The van der Waals surface area contributed by atoms with Gasteiger partial charge in [-0.15, -0.1) is 6.58 Å². The van der Waals surface area contributed by atoms with Crippen molar-refractivity contribution in [2.75, 3.05) is 6.54 Å². The molecule has 0 bridgehead atoms. The molecule has 0 fully saturated rings. The van der Waals surface area contributed by atoms with Crippen molar-refractivity contribution >= 4 is 22.0 Å². The van der Waals surface area contributed by atoms with Crippen molar-refractivity contribution in [3.63, 3.8) is 0 Å². The molecule has 1 atom stereocenters. The highest BCUT2D eigenvalue weighted by atomic mass is 32.2. The Balaban J connectivity index is 1.75. The molecule has 182 valence electrons. The number of benzene rings is 3. The number of rotatable bonds is 11. The molecule has 0 aliphatic carbocycles. The molecule has 0 aliphatic heterocycles. The molecule has 3 aromatic carbocycles. The molecule has 35 heavy (non-hydrogen) atoms. The van der Waals surface area contributed by atoms with E-state index in [9.17, 15) is 18.0 Å². The number of carbonyl (C=O) groups excluding carboxylic acids is 2. The van der Waals surface area contributed by atoms with Crippen LogP contribution in [0.4, 0.5) is 0 Å². The van der Waals surface area contributed by atoms with E-state index in [1.807, 2.05) is 48.5 Å². The summed E-state index contributed by atoms with van der Waals surface area (Å²) in [6, 6.07) is 22.7. The molecule has 0 heterocycles. The van der Waals surface area contributed by atoms with Crippen LogP contribution in [0, 0.1) is 0 Å². The van der Waals surface area contributed by atoms with Crippen LogP contribution in [0.5, 0.6) is 0 Å². The van der Waals surface area contributed by atoms with Gasteiger partial charge in [-0.25, -0.2) is 13.2 Å². The van der Waals surface area contributed by atoms with Crippen LogP contribution in [-0.2, 0) is 37.5 Å². The third-order valence-corrected chi connectivity index (χ3v) is 7.13. The minimum absolute atomic E-state index is 0.0225. The molecule has 0 saturated heterocycles. The smallest absolute Gasteiger partial charge is 0.338 e. The zero-order valence-electron chi connectivity index (χ0n) is 19.4. The normalized spacial score (nSPS) is 12.1. The first kappa shape index (κ1) is 25.9. The van der Waals surface area contributed by atoms with Crippen LogP contribution in [0.15, 0.2) is 102 Å². The van der Waals surface area contributed by atoms with Gasteiger partial charge in [-0.1, -0.05) is 72.8 Å². The first-order valence-corrected chi connectivity index (χ1v) is 12.4. The van der Waals surface area contributed by atoms with Gasteiger partial charge in [-0.2, -0.15) is 4.31 Å². The number of esters is 2. The first-order chi connectivity index (χ1) is 16.8. The maximum atomic E-state index is 13.4. The minimum atomic E-state index is -4.16. The molecule has 0 radical (unpaired) electrons. The summed E-state index contributed by atoms with van der Waals surface area (Å²) in [5.41, 5.74) is 1.68. The van der Waals surface area contributed by atoms with Gasteiger partial charge < -0.3 is 9.47 Å². The molecule has 0 saturated carbocycles. The monoisotopic (exact) mass is 493 g/mol. The van der Waals surface area contributed by atoms with Gasteiger partial charge >= 0.3 is 11.9 Å². The van der Waals surface area contributed by atoms with E-state index in [4.69, 9.17) is 9.47 Å². The number of nitrogens with zero attached hydrogens (tertiary/aromatic N) is 1. The van der Waals surface area contributed by atoms with Crippen molar-refractivity contribution in [3.05, 3.63) is 114 Å². The van der Waals surface area contributed by atoms with Gasteiger partial charge in [-0.3, -0.25) is 4.79 Å². The Morgan fingerprint density at radius 1 is 0.886 bits per heavy atom. The predicted molar refractivity (Wildman–Crippen MR) is 132 cm³/mol. The first-order valence-electron chi connectivity index (χ1n) is 11.0. The standard InChI is InChI=1S/C27H27NO6S/c1-3-17-28(21(2)26(29)33-19-22-11-6-4-7-12-22)35(31,32)25-16-10-15-24(18-25)27(30)34-20-23-13-8-5-9-14-23/h3-16,18,21H,1,17,19-20H2,2H3/t21-/m1/s1. The molecule has 7 nitrogen and oxygen atoms in total. The Hall–Kier alpha value is -3.75. The number of carbonyl (C=O) groups is 2. The van der Waals surface area contributed by atoms with Crippen LogP contribution < -0.4 is 0 Å². The highest BCUT2D eigenvalue weighted by molar-refractivity contribution is 7.89. The Morgan fingerprint density at radius 2 is 1.46 bits per heavy atom. The Kier molecular flexibility index (Phi) is 8.94. The highest BCUT2D eigenvalue weighted by Crippen LogP contribution is 2.21. The van der Waals surface area contributed by atoms with E-state index < -0.39 is 28.0 Å². The highest BCUT2D eigenvalue weighted by Gasteiger charge is 2.33. The Bertz CT molecular complexity index is 1260. The quantitative estimate of drug-likeness (QED) is 0.291. The summed E-state index contributed by atoms with van der Waals surface area (Å²) in [4.78, 5) is 25.1. The molecule has 3 aromatic rings. The van der Waals surface area contributed by atoms with Gasteiger partial charge in [0.1, 0.15) is 19.3 Å². The van der Waals surface area contributed by atoms with Crippen LogP contribution in [0.1, 0.15) is 28.4 Å². The Labute approximate surface area is 205 Å². The fraction of sp³-hybridized carbons (Fsp3) is 0.185. The molecule has 3 rings (SSSR count). The molecule has 0 amide bonds. The number of hydrogen-bond acceptors (Lipinski definition) is 6. The molecule has 0 unspecified atom stereocenters. The summed E-state index contributed by atoms with van der Waals surface area (Å²) in [5.74, 6) is -1.35. The fourth-order valence-corrected chi connectivity index (χ4v) is 4.89. The third kappa shape index (κ3) is 6.88. The fourth-order valence-electron chi connectivity index (χ4n) is 3.28. The Morgan fingerprint density at radius 3 is 2.03 bits per heavy atom. The molecule has 8 heteroatoms. The van der Waals surface area contributed by atoms with E-state index in [0.717, 1.165) is 15.4 Å². The van der Waals surface area contributed by atoms with Crippen LogP contribution in [0.3, 0.4) is 0 Å². The van der Waals surface area contributed by atoms with E-state index in [0.29, 0.717) is 0 Å². The van der Waals surface area contributed by atoms with Crippen molar-refractivity contribution in [1.82, 2.24) is 4.31 Å². The SMILES string of the molecule is C=CCN([C@H](C)C(=O)OCc1ccccc1)S(=O)(=O)c1cccc(C(=O)OCc2ccccc2)c1. The lowest BCUT2D eigenvalue weighted by atomic mass is 10.2. The van der Waals surface area contributed by atoms with Crippen molar-refractivity contribution < 1.29 is 27.5 Å². The van der Waals surface area contributed by atoms with E-state index in [1.165, 1.54) is 37.3 Å². The second-order valence-electron chi connectivity index (χ2n) is 7.72. The van der Waals surface area contributed by atoms with Gasteiger partial charge in [0, 0.05) is 6.54 Å². The second-order valence-corrected chi connectivity index (χ2v) is 9.61. The van der Waals surface area contributed by atoms with Gasteiger partial charge in [-0.05, 0) is 36.2 Å². The molecule has 0 aliphatic rings. The van der Waals surface area contributed by atoms with E-state index in [1.54, 1.807) is 12.1 Å². The average molecular weight is 494 g/mol. The van der Waals surface area contributed by atoms with Gasteiger partial charge in [0.2, 0.25) is 10.0 Å². The van der Waals surface area contributed by atoms with E-state index in [-0.39, 0.29) is 30.2 Å². The summed E-state index contributed by atoms with van der Waals surface area (Å²) in [7, 11) is -4.16. The number of sulfonamides is 1. The summed E-state index contributed by atoms with van der Waals surface area (Å²) in [5, 5.41) is 0. The summed E-state index contributed by atoms with van der Waals surface area (Å²) in [6.07, 6.45) is 1.39. The maximum Gasteiger partial charge on any atom is 0.338 e. The van der Waals surface area contributed by atoms with Crippen molar-refractivity contribution in [2.24, 2.45) is 0 Å². The second kappa shape index (κ2) is 12.1. The van der Waals surface area contributed by atoms with Gasteiger partial charge in [0.25, 0.3) is 0 Å². The number of ether oxygens (including phenoxy) is 2. The third-order valence-electron chi connectivity index (χ3n) is 5.20. The maximum absolute atomic E-state index is 13.4. The predicted octanol–water partition coefficient (Wildman–Crippen LogP) is 4.35. The largest absolute Gasteiger partial charge is 0.460 e. The van der Waals surface area contributed by atoms with Crippen LogP contribution in [0.2, 0.25) is 0 Å². The van der Waals surface area contributed by atoms with Crippen LogP contribution >= 0.6 is 0 Å². The van der Waals surface area contributed by atoms with Gasteiger partial charge in [0.05, 0.1) is 10.5 Å². The van der Waals surface area contributed by atoms with E-state index in [2.05, 4.69) is 6.58 Å². The van der Waals surface area contributed by atoms with Crippen molar-refractivity contribution in [2.45, 2.75) is 31.1 Å². The zero-order valence-corrected chi connectivity index (χ0v) is 20.2. The lowest BCUT2D eigenvalue weighted by Crippen LogP contribution is -2.44. The van der Waals surface area contributed by atoms with Crippen LogP contribution in [-0.4, -0.2) is 37.2 Å². The average Bonchev–Trinajstić information content (AvgIpc) is 2.89. The lowest BCUT2D eigenvalue weighted by molar-refractivity contribution is -0.148. The number of hydrogen-bond donors (Lipinski definition) is 0. The van der Waals surface area contributed by atoms with Gasteiger partial charge in [0.15, 0.2) is 0 Å². The summed E-state index contributed by atoms with van der Waals surface area (Å²) < 4.78 is 38.5. The lowest BCUT2D eigenvalue weighted by Gasteiger charge is -2.26. The summed E-state index contributed by atoms with van der Waals surface area (Å²) >= 11 is 0. The zero-order chi connectivity index (χ0) is 25.3. The molecular formula is C27H27NO6S. The van der Waals surface area contributed by atoms with Crippen LogP contribution in [0.25, 0.3) is 0 Å². The summed E-state index contributed by atoms with van der Waals surface area (Å²) in [6.45, 7) is 5.02. The van der Waals surface area contributed by atoms with Crippen molar-refractivity contribution in [1.29, 1.82) is 0 Å².